The third kappa shape index (κ3) is 2.01. The Morgan fingerprint density at radius 1 is 1.44 bits per heavy atom. The van der Waals surface area contributed by atoms with Crippen LogP contribution in [0.4, 0.5) is 5.82 Å². The minimum Gasteiger partial charge on any atom is -0.353 e. The van der Waals surface area contributed by atoms with Crippen LogP contribution in [0.15, 0.2) is 6.33 Å². The van der Waals surface area contributed by atoms with E-state index in [1.807, 2.05) is 0 Å². The van der Waals surface area contributed by atoms with E-state index in [4.69, 9.17) is 11.6 Å². The van der Waals surface area contributed by atoms with Gasteiger partial charge < -0.3 is 4.90 Å². The smallest absolute Gasteiger partial charge is 0.137 e. The summed E-state index contributed by atoms with van der Waals surface area (Å²) in [5.74, 6) is 1.05. The van der Waals surface area contributed by atoms with E-state index in [2.05, 4.69) is 28.7 Å². The van der Waals surface area contributed by atoms with Crippen molar-refractivity contribution in [3.05, 3.63) is 17.0 Å². The fourth-order valence-electron chi connectivity index (χ4n) is 2.47. The Morgan fingerprint density at radius 2 is 2.25 bits per heavy atom. The van der Waals surface area contributed by atoms with Crippen molar-refractivity contribution in [2.45, 2.75) is 45.6 Å². The highest BCUT2D eigenvalue weighted by Crippen LogP contribution is 2.30. The summed E-state index contributed by atoms with van der Waals surface area (Å²) in [5.41, 5.74) is 1.09. The van der Waals surface area contributed by atoms with Crippen LogP contribution in [0.2, 0.25) is 5.15 Å². The molecule has 3 nitrogen and oxygen atoms in total. The standard InChI is InChI=1S/C12H18ClN3/c1-3-9-6-5-7-16(9)12-10(4-2)11(13)14-8-15-12/h8-9H,3-7H2,1-2H3. The van der Waals surface area contributed by atoms with Crippen LogP contribution in [0.1, 0.15) is 38.7 Å². The maximum atomic E-state index is 6.12. The summed E-state index contributed by atoms with van der Waals surface area (Å²) in [4.78, 5) is 10.9. The van der Waals surface area contributed by atoms with Crippen LogP contribution >= 0.6 is 11.6 Å². The largest absolute Gasteiger partial charge is 0.353 e. The van der Waals surface area contributed by atoms with Crippen LogP contribution in [0.3, 0.4) is 0 Å². The van der Waals surface area contributed by atoms with Crippen molar-refractivity contribution in [2.24, 2.45) is 0 Å². The van der Waals surface area contributed by atoms with E-state index < -0.39 is 0 Å². The number of hydrogen-bond donors (Lipinski definition) is 0. The van der Waals surface area contributed by atoms with Gasteiger partial charge in [-0.2, -0.15) is 0 Å². The van der Waals surface area contributed by atoms with Gasteiger partial charge in [-0.05, 0) is 25.7 Å². The van der Waals surface area contributed by atoms with Crippen LogP contribution in [-0.4, -0.2) is 22.6 Å². The number of rotatable bonds is 3. The van der Waals surface area contributed by atoms with Crippen LogP contribution in [-0.2, 0) is 6.42 Å². The lowest BCUT2D eigenvalue weighted by atomic mass is 10.1. The molecule has 0 spiro atoms. The molecule has 1 saturated heterocycles. The number of hydrogen-bond acceptors (Lipinski definition) is 3. The van der Waals surface area contributed by atoms with Crippen molar-refractivity contribution in [2.75, 3.05) is 11.4 Å². The lowest BCUT2D eigenvalue weighted by Crippen LogP contribution is -2.30. The van der Waals surface area contributed by atoms with Gasteiger partial charge in [-0.1, -0.05) is 25.4 Å². The molecule has 0 bridgehead atoms. The Hall–Kier alpha value is -0.830. The van der Waals surface area contributed by atoms with Crippen molar-refractivity contribution in [3.63, 3.8) is 0 Å². The molecule has 0 saturated carbocycles. The Balaban J connectivity index is 2.35. The number of anilines is 1. The molecule has 1 atom stereocenters. The quantitative estimate of drug-likeness (QED) is 0.760. The monoisotopic (exact) mass is 239 g/mol. The Morgan fingerprint density at radius 3 is 2.94 bits per heavy atom. The highest BCUT2D eigenvalue weighted by atomic mass is 35.5. The van der Waals surface area contributed by atoms with Gasteiger partial charge in [-0.3, -0.25) is 0 Å². The average molecular weight is 240 g/mol. The molecule has 88 valence electrons. The molecule has 1 unspecified atom stereocenters. The zero-order valence-corrected chi connectivity index (χ0v) is 10.7. The fraction of sp³-hybridized carbons (Fsp3) is 0.667. The average Bonchev–Trinajstić information content (AvgIpc) is 2.76. The van der Waals surface area contributed by atoms with E-state index >= 15 is 0 Å². The molecule has 1 aromatic heterocycles. The Labute approximate surface area is 102 Å². The van der Waals surface area contributed by atoms with Crippen LogP contribution < -0.4 is 4.90 Å². The first-order valence-electron chi connectivity index (χ1n) is 6.03. The third-order valence-electron chi connectivity index (χ3n) is 3.34. The van der Waals surface area contributed by atoms with E-state index in [9.17, 15) is 0 Å². The predicted molar refractivity (Wildman–Crippen MR) is 67.1 cm³/mol. The molecule has 2 heterocycles. The van der Waals surface area contributed by atoms with Crippen molar-refractivity contribution in [1.29, 1.82) is 0 Å². The first kappa shape index (κ1) is 11.6. The third-order valence-corrected chi connectivity index (χ3v) is 3.67. The number of halogens is 1. The molecule has 1 aromatic rings. The molecular weight excluding hydrogens is 222 g/mol. The molecule has 0 aliphatic carbocycles. The van der Waals surface area contributed by atoms with E-state index in [1.54, 1.807) is 6.33 Å². The van der Waals surface area contributed by atoms with Gasteiger partial charge in [-0.15, -0.1) is 0 Å². The maximum Gasteiger partial charge on any atom is 0.137 e. The topological polar surface area (TPSA) is 29.0 Å². The fourth-order valence-corrected chi connectivity index (χ4v) is 2.73. The van der Waals surface area contributed by atoms with Crippen molar-refractivity contribution in [1.82, 2.24) is 9.97 Å². The SMILES string of the molecule is CCc1c(Cl)ncnc1N1CCCC1CC. The van der Waals surface area contributed by atoms with Gasteiger partial charge in [0.2, 0.25) is 0 Å². The molecule has 16 heavy (non-hydrogen) atoms. The van der Waals surface area contributed by atoms with Crippen LogP contribution in [0, 0.1) is 0 Å². The van der Waals surface area contributed by atoms with Crippen LogP contribution in [0.5, 0.6) is 0 Å². The Bertz CT molecular complexity index is 367. The van der Waals surface area contributed by atoms with Crippen molar-refractivity contribution < 1.29 is 0 Å². The zero-order valence-electron chi connectivity index (χ0n) is 9.91. The normalized spacial score (nSPS) is 20.4. The van der Waals surface area contributed by atoms with Gasteiger partial charge in [0.25, 0.3) is 0 Å². The molecule has 1 aliphatic heterocycles. The summed E-state index contributed by atoms with van der Waals surface area (Å²) in [5, 5.41) is 0.606. The maximum absolute atomic E-state index is 6.12. The molecular formula is C12H18ClN3. The summed E-state index contributed by atoms with van der Waals surface area (Å²) in [6.45, 7) is 5.43. The van der Waals surface area contributed by atoms with E-state index in [-0.39, 0.29) is 0 Å². The summed E-state index contributed by atoms with van der Waals surface area (Å²) in [7, 11) is 0. The van der Waals surface area contributed by atoms with Gasteiger partial charge in [0, 0.05) is 18.2 Å². The van der Waals surface area contributed by atoms with E-state index in [1.165, 1.54) is 19.3 Å². The molecule has 2 rings (SSSR count). The highest BCUT2D eigenvalue weighted by molar-refractivity contribution is 6.30. The number of aromatic nitrogens is 2. The lowest BCUT2D eigenvalue weighted by Gasteiger charge is -2.26. The first-order chi connectivity index (χ1) is 7.77. The minimum absolute atomic E-state index is 0.606. The molecule has 4 heteroatoms. The predicted octanol–water partition coefficient (Wildman–Crippen LogP) is 3.07. The summed E-state index contributed by atoms with van der Waals surface area (Å²) in [6.07, 6.45) is 6.15. The van der Waals surface area contributed by atoms with Gasteiger partial charge in [0.05, 0.1) is 0 Å². The zero-order chi connectivity index (χ0) is 11.5. The minimum atomic E-state index is 0.606. The van der Waals surface area contributed by atoms with Gasteiger partial charge in [0.15, 0.2) is 0 Å². The lowest BCUT2D eigenvalue weighted by molar-refractivity contribution is 0.637. The van der Waals surface area contributed by atoms with Crippen molar-refractivity contribution in [3.8, 4) is 0 Å². The summed E-state index contributed by atoms with van der Waals surface area (Å²) in [6, 6.07) is 0.622. The summed E-state index contributed by atoms with van der Waals surface area (Å²) >= 11 is 6.12. The summed E-state index contributed by atoms with van der Waals surface area (Å²) < 4.78 is 0. The van der Waals surface area contributed by atoms with Gasteiger partial charge in [-0.25, -0.2) is 9.97 Å². The number of nitrogens with zero attached hydrogens (tertiary/aromatic N) is 3. The molecule has 0 radical (unpaired) electrons. The van der Waals surface area contributed by atoms with E-state index in [0.717, 1.165) is 24.3 Å². The highest BCUT2D eigenvalue weighted by Gasteiger charge is 2.26. The van der Waals surface area contributed by atoms with Gasteiger partial charge in [0.1, 0.15) is 17.3 Å². The molecule has 0 aromatic carbocycles. The van der Waals surface area contributed by atoms with Crippen molar-refractivity contribution >= 4 is 17.4 Å². The second-order valence-corrected chi connectivity index (χ2v) is 4.58. The van der Waals surface area contributed by atoms with Gasteiger partial charge >= 0.3 is 0 Å². The van der Waals surface area contributed by atoms with Crippen LogP contribution in [0.25, 0.3) is 0 Å². The second-order valence-electron chi connectivity index (χ2n) is 4.22. The molecule has 0 N–H and O–H groups in total. The molecule has 0 amide bonds. The van der Waals surface area contributed by atoms with E-state index in [0.29, 0.717) is 11.2 Å². The first-order valence-corrected chi connectivity index (χ1v) is 6.41. The molecule has 1 aliphatic rings. The molecule has 1 fully saturated rings. The second kappa shape index (κ2) is 5.00. The Kier molecular flexibility index (Phi) is 3.64.